The third-order valence-electron chi connectivity index (χ3n) is 3.59. The summed E-state index contributed by atoms with van der Waals surface area (Å²) in [5, 5.41) is 8.03. The molecular formula is C14H25N3O. The molecule has 0 bridgehead atoms. The molecular weight excluding hydrogens is 226 g/mol. The van der Waals surface area contributed by atoms with Crippen LogP contribution in [0.3, 0.4) is 0 Å². The normalized spacial score (nSPS) is 22.0. The van der Waals surface area contributed by atoms with Crippen LogP contribution in [0.4, 0.5) is 0 Å². The predicted molar refractivity (Wildman–Crippen MR) is 72.5 cm³/mol. The van der Waals surface area contributed by atoms with Gasteiger partial charge in [-0.3, -0.25) is 4.68 Å². The van der Waals surface area contributed by atoms with Crippen LogP contribution in [0.2, 0.25) is 0 Å². The van der Waals surface area contributed by atoms with Crippen molar-refractivity contribution in [3.63, 3.8) is 0 Å². The molecule has 1 aliphatic rings. The lowest BCUT2D eigenvalue weighted by Crippen LogP contribution is -2.25. The third-order valence-corrected chi connectivity index (χ3v) is 3.59. The quantitative estimate of drug-likeness (QED) is 0.844. The fourth-order valence-electron chi connectivity index (χ4n) is 2.61. The molecule has 2 heterocycles. The number of nitrogens with one attached hydrogen (secondary N) is 1. The Bertz CT molecular complexity index is 345. The highest BCUT2D eigenvalue weighted by Crippen LogP contribution is 2.22. The molecule has 2 unspecified atom stereocenters. The van der Waals surface area contributed by atoms with Crippen molar-refractivity contribution in [2.45, 2.75) is 51.2 Å². The van der Waals surface area contributed by atoms with Crippen molar-refractivity contribution in [3.05, 3.63) is 18.0 Å². The Balaban J connectivity index is 1.85. The monoisotopic (exact) mass is 251 g/mol. The van der Waals surface area contributed by atoms with E-state index in [1.807, 2.05) is 17.9 Å². The molecule has 2 atom stereocenters. The van der Waals surface area contributed by atoms with E-state index >= 15 is 0 Å². The number of hydrogen-bond acceptors (Lipinski definition) is 3. The molecule has 102 valence electrons. The number of ether oxygens (including phenoxy) is 1. The lowest BCUT2D eigenvalue weighted by atomic mass is 10.00. The first-order valence-corrected chi connectivity index (χ1v) is 7.14. The van der Waals surface area contributed by atoms with Crippen LogP contribution in [0.5, 0.6) is 0 Å². The fourth-order valence-corrected chi connectivity index (χ4v) is 2.61. The second kappa shape index (κ2) is 6.90. The van der Waals surface area contributed by atoms with Crippen LogP contribution in [0.1, 0.15) is 50.8 Å². The maximum Gasteiger partial charge on any atom is 0.0793 e. The molecule has 2 rings (SSSR count). The minimum atomic E-state index is 0.363. The molecule has 18 heavy (non-hydrogen) atoms. The van der Waals surface area contributed by atoms with E-state index in [9.17, 15) is 0 Å². The average molecular weight is 251 g/mol. The summed E-state index contributed by atoms with van der Waals surface area (Å²) in [6, 6.07) is 2.47. The number of aromatic nitrogens is 2. The first-order chi connectivity index (χ1) is 8.79. The summed E-state index contributed by atoms with van der Waals surface area (Å²) in [5.41, 5.74) is 1.15. The first kappa shape index (κ1) is 13.6. The van der Waals surface area contributed by atoms with Crippen molar-refractivity contribution in [2.75, 3.05) is 13.2 Å². The zero-order valence-corrected chi connectivity index (χ0v) is 11.6. The molecule has 4 nitrogen and oxygen atoms in total. The van der Waals surface area contributed by atoms with Gasteiger partial charge in [-0.15, -0.1) is 0 Å². The van der Waals surface area contributed by atoms with Gasteiger partial charge in [-0.1, -0.05) is 6.92 Å². The van der Waals surface area contributed by atoms with Crippen molar-refractivity contribution in [3.8, 4) is 0 Å². The van der Waals surface area contributed by atoms with Crippen molar-refractivity contribution in [1.29, 1.82) is 0 Å². The van der Waals surface area contributed by atoms with E-state index in [4.69, 9.17) is 4.74 Å². The average Bonchev–Trinajstić information content (AvgIpc) is 2.82. The molecule has 0 amide bonds. The Morgan fingerprint density at radius 3 is 3.06 bits per heavy atom. The minimum Gasteiger partial charge on any atom is -0.378 e. The van der Waals surface area contributed by atoms with Gasteiger partial charge in [0.15, 0.2) is 0 Å². The van der Waals surface area contributed by atoms with Crippen molar-refractivity contribution in [2.24, 2.45) is 7.05 Å². The summed E-state index contributed by atoms with van der Waals surface area (Å²) in [5.74, 6) is 0. The largest absolute Gasteiger partial charge is 0.378 e. The summed E-state index contributed by atoms with van der Waals surface area (Å²) in [4.78, 5) is 0. The second-order valence-corrected chi connectivity index (χ2v) is 5.09. The Morgan fingerprint density at radius 2 is 2.44 bits per heavy atom. The fraction of sp³-hybridized carbons (Fsp3) is 0.786. The molecule has 0 saturated carbocycles. The van der Waals surface area contributed by atoms with Gasteiger partial charge in [0.2, 0.25) is 0 Å². The van der Waals surface area contributed by atoms with E-state index in [0.717, 1.165) is 31.7 Å². The molecule has 0 aliphatic carbocycles. The molecule has 0 spiro atoms. The minimum absolute atomic E-state index is 0.363. The highest BCUT2D eigenvalue weighted by molar-refractivity contribution is 5.05. The maximum absolute atomic E-state index is 5.79. The number of hydrogen-bond donors (Lipinski definition) is 1. The maximum atomic E-state index is 5.79. The first-order valence-electron chi connectivity index (χ1n) is 7.14. The summed E-state index contributed by atoms with van der Waals surface area (Å²) in [6.07, 6.45) is 8.48. The zero-order chi connectivity index (χ0) is 12.8. The van der Waals surface area contributed by atoms with Gasteiger partial charge in [-0.2, -0.15) is 5.10 Å². The molecule has 0 aromatic carbocycles. The van der Waals surface area contributed by atoms with Crippen LogP contribution < -0.4 is 5.32 Å². The molecule has 1 aromatic heterocycles. The summed E-state index contributed by atoms with van der Waals surface area (Å²) >= 11 is 0. The Kier molecular flexibility index (Phi) is 5.20. The van der Waals surface area contributed by atoms with Gasteiger partial charge >= 0.3 is 0 Å². The van der Waals surface area contributed by atoms with Crippen LogP contribution in [-0.2, 0) is 11.8 Å². The van der Waals surface area contributed by atoms with Gasteiger partial charge in [0.25, 0.3) is 0 Å². The van der Waals surface area contributed by atoms with Crippen molar-refractivity contribution < 1.29 is 4.74 Å². The van der Waals surface area contributed by atoms with E-state index in [1.165, 1.54) is 19.3 Å². The van der Waals surface area contributed by atoms with Crippen LogP contribution in [-0.4, -0.2) is 29.0 Å². The summed E-state index contributed by atoms with van der Waals surface area (Å²) in [7, 11) is 1.97. The van der Waals surface area contributed by atoms with Crippen molar-refractivity contribution >= 4 is 0 Å². The van der Waals surface area contributed by atoms with E-state index in [1.54, 1.807) is 0 Å². The standard InChI is InChI=1S/C14H25N3O/c1-3-15-13(14-9-10-17(2)16-14)8-7-12-6-4-5-11-18-12/h9-10,12-13,15H,3-8,11H2,1-2H3. The molecule has 1 saturated heterocycles. The number of aryl methyl sites for hydroxylation is 1. The van der Waals surface area contributed by atoms with E-state index in [0.29, 0.717) is 12.1 Å². The van der Waals surface area contributed by atoms with Crippen LogP contribution in [0, 0.1) is 0 Å². The highest BCUT2D eigenvalue weighted by atomic mass is 16.5. The predicted octanol–water partition coefficient (Wildman–Crippen LogP) is 2.42. The third kappa shape index (κ3) is 3.82. The summed E-state index contributed by atoms with van der Waals surface area (Å²) in [6.45, 7) is 4.07. The van der Waals surface area contributed by atoms with Gasteiger partial charge in [0, 0.05) is 19.9 Å². The molecule has 1 aromatic rings. The van der Waals surface area contributed by atoms with Gasteiger partial charge < -0.3 is 10.1 Å². The Morgan fingerprint density at radius 1 is 1.56 bits per heavy atom. The second-order valence-electron chi connectivity index (χ2n) is 5.09. The Hall–Kier alpha value is -0.870. The molecule has 1 N–H and O–H groups in total. The molecule has 4 heteroatoms. The van der Waals surface area contributed by atoms with Gasteiger partial charge in [-0.25, -0.2) is 0 Å². The van der Waals surface area contributed by atoms with Crippen LogP contribution in [0.15, 0.2) is 12.3 Å². The van der Waals surface area contributed by atoms with Gasteiger partial charge in [-0.05, 0) is 44.7 Å². The molecule has 0 radical (unpaired) electrons. The lowest BCUT2D eigenvalue weighted by molar-refractivity contribution is 0.00849. The highest BCUT2D eigenvalue weighted by Gasteiger charge is 2.18. The van der Waals surface area contributed by atoms with Crippen LogP contribution >= 0.6 is 0 Å². The van der Waals surface area contributed by atoms with E-state index in [-0.39, 0.29) is 0 Å². The smallest absolute Gasteiger partial charge is 0.0793 e. The number of nitrogens with zero attached hydrogens (tertiary/aromatic N) is 2. The molecule has 1 aliphatic heterocycles. The van der Waals surface area contributed by atoms with E-state index < -0.39 is 0 Å². The number of rotatable bonds is 6. The molecule has 1 fully saturated rings. The lowest BCUT2D eigenvalue weighted by Gasteiger charge is -2.24. The zero-order valence-electron chi connectivity index (χ0n) is 11.6. The van der Waals surface area contributed by atoms with Gasteiger partial charge in [0.05, 0.1) is 17.8 Å². The van der Waals surface area contributed by atoms with Crippen molar-refractivity contribution in [1.82, 2.24) is 15.1 Å². The topological polar surface area (TPSA) is 39.1 Å². The summed E-state index contributed by atoms with van der Waals surface area (Å²) < 4.78 is 7.67. The Labute approximate surface area is 110 Å². The SMILES string of the molecule is CCNC(CCC1CCCCO1)c1ccn(C)n1. The van der Waals surface area contributed by atoms with Crippen LogP contribution in [0.25, 0.3) is 0 Å². The van der Waals surface area contributed by atoms with E-state index in [2.05, 4.69) is 23.4 Å². The van der Waals surface area contributed by atoms with Gasteiger partial charge in [0.1, 0.15) is 0 Å².